The quantitative estimate of drug-likeness (QED) is 0.0987. The van der Waals surface area contributed by atoms with Crippen LogP contribution in [0.3, 0.4) is 0 Å². The Balaban J connectivity index is 0.000000306. The number of fused-ring (bicyclic) bond motifs is 3. The highest BCUT2D eigenvalue weighted by Gasteiger charge is 2.45. The minimum Gasteiger partial charge on any atom is -0.508 e. The molecule has 7 rings (SSSR count). The van der Waals surface area contributed by atoms with Gasteiger partial charge in [0.15, 0.2) is 0 Å². The van der Waals surface area contributed by atoms with Crippen LogP contribution in [0, 0.1) is 0 Å². The molecule has 4 N–H and O–H groups in total. The number of carboxylic acid groups (broad SMARTS) is 3. The largest absolute Gasteiger partial charge is 0.508 e. The Hall–Kier alpha value is -7.00. The van der Waals surface area contributed by atoms with Crippen molar-refractivity contribution in [1.29, 1.82) is 0 Å². The molecule has 0 radical (unpaired) electrons. The van der Waals surface area contributed by atoms with E-state index in [0.29, 0.717) is 5.75 Å². The molecule has 1 aliphatic rings. The van der Waals surface area contributed by atoms with Crippen LogP contribution in [0.4, 0.5) is 0 Å². The number of hydrogen-bond donors (Lipinski definition) is 4. The number of carbonyl (C=O) groups excluding carboxylic acids is 1. The van der Waals surface area contributed by atoms with E-state index < -0.39 is 29.3 Å². The number of hydrogen-bond acceptors (Lipinski definition) is 6. The normalized spacial score (nSPS) is 12.0. The molecule has 0 fully saturated rings. The van der Waals surface area contributed by atoms with Crippen LogP contribution in [-0.4, -0.2) is 44.3 Å². The monoisotopic (exact) mass is 664 g/mol. The van der Waals surface area contributed by atoms with Gasteiger partial charge >= 0.3 is 23.9 Å². The summed E-state index contributed by atoms with van der Waals surface area (Å²) in [7, 11) is 0. The molecule has 50 heavy (non-hydrogen) atoms. The van der Waals surface area contributed by atoms with Crippen molar-refractivity contribution in [1.82, 2.24) is 0 Å². The third-order valence-electron chi connectivity index (χ3n) is 8.47. The predicted molar refractivity (Wildman–Crippen MR) is 184 cm³/mol. The second-order valence-corrected chi connectivity index (χ2v) is 11.4. The van der Waals surface area contributed by atoms with E-state index in [2.05, 4.69) is 24.3 Å². The maximum atomic E-state index is 12.7. The first-order valence-corrected chi connectivity index (χ1v) is 15.3. The fraction of sp³-hybridized carbons (Fsp3) is 0.0244. The number of phenolic OH excluding ortho intramolecular Hbond substituents is 1. The lowest BCUT2D eigenvalue weighted by Crippen LogP contribution is -2.28. The lowest BCUT2D eigenvalue weighted by molar-refractivity contribution is 0.0682. The van der Waals surface area contributed by atoms with Gasteiger partial charge in [-0.15, -0.1) is 0 Å². The maximum Gasteiger partial charge on any atom is 0.343 e. The fourth-order valence-corrected chi connectivity index (χ4v) is 6.21. The predicted octanol–water partition coefficient (Wildman–Crippen LogP) is 7.76. The van der Waals surface area contributed by atoms with Crippen molar-refractivity contribution in [3.8, 4) is 22.6 Å². The van der Waals surface area contributed by atoms with Gasteiger partial charge in [0.25, 0.3) is 0 Å². The van der Waals surface area contributed by atoms with E-state index in [-0.39, 0.29) is 28.0 Å². The average molecular weight is 665 g/mol. The summed E-state index contributed by atoms with van der Waals surface area (Å²) < 4.78 is 5.59. The molecule has 0 unspecified atom stereocenters. The van der Waals surface area contributed by atoms with E-state index in [9.17, 15) is 24.3 Å². The van der Waals surface area contributed by atoms with Crippen molar-refractivity contribution in [2.24, 2.45) is 0 Å². The van der Waals surface area contributed by atoms with Crippen LogP contribution in [-0.2, 0) is 5.41 Å². The molecule has 0 saturated heterocycles. The molecule has 6 aromatic carbocycles. The molecule has 0 saturated carbocycles. The van der Waals surface area contributed by atoms with Crippen molar-refractivity contribution in [2.45, 2.75) is 5.41 Å². The molecule has 0 bridgehead atoms. The van der Waals surface area contributed by atoms with E-state index in [1.54, 1.807) is 24.3 Å². The lowest BCUT2D eigenvalue weighted by Gasteiger charge is -2.34. The van der Waals surface area contributed by atoms with E-state index >= 15 is 0 Å². The molecule has 6 aromatic rings. The molecular formula is C41H28O9. The first-order chi connectivity index (χ1) is 24.1. The molecule has 0 aromatic heterocycles. The summed E-state index contributed by atoms with van der Waals surface area (Å²) in [6.07, 6.45) is 0. The van der Waals surface area contributed by atoms with Gasteiger partial charge in [-0.1, -0.05) is 78.9 Å². The molecule has 0 heterocycles. The summed E-state index contributed by atoms with van der Waals surface area (Å²) in [6.45, 7) is 0. The van der Waals surface area contributed by atoms with Crippen molar-refractivity contribution >= 4 is 23.9 Å². The third kappa shape index (κ3) is 6.18. The molecule has 0 aliphatic heterocycles. The summed E-state index contributed by atoms with van der Waals surface area (Å²) in [5.41, 5.74) is 6.27. The van der Waals surface area contributed by atoms with E-state index in [1.165, 1.54) is 42.5 Å². The van der Waals surface area contributed by atoms with Crippen LogP contribution in [0.15, 0.2) is 146 Å². The van der Waals surface area contributed by atoms with E-state index in [1.807, 2.05) is 48.5 Å². The molecule has 0 atom stereocenters. The number of benzene rings is 6. The molecule has 9 heteroatoms. The van der Waals surface area contributed by atoms with E-state index in [4.69, 9.17) is 20.1 Å². The summed E-state index contributed by atoms with van der Waals surface area (Å²) in [5, 5.41) is 36.1. The first-order valence-electron chi connectivity index (χ1n) is 15.3. The van der Waals surface area contributed by atoms with Gasteiger partial charge in [0, 0.05) is 0 Å². The standard InChI is InChI=1S/C33H22O5.C8H6O4/c34-25-17-13-23(14-18-25)33(29-7-3-1-5-27(29)28-6-2-4-8-30(28)33)24-15-19-26(20-16-24)38-32(37)22-11-9-21(10-12-22)31(35)36;9-7(10)5-2-1-3-6(4-5)8(11)12/h1-20,34H,(H,35,36);1-4H,(H,9,10)(H,11,12). The Morgan fingerprint density at radius 1 is 0.460 bits per heavy atom. The smallest absolute Gasteiger partial charge is 0.343 e. The zero-order valence-electron chi connectivity index (χ0n) is 26.2. The maximum absolute atomic E-state index is 12.7. The van der Waals surface area contributed by atoms with Crippen molar-refractivity contribution < 1.29 is 44.3 Å². The van der Waals surface area contributed by atoms with Gasteiger partial charge in [-0.3, -0.25) is 0 Å². The van der Waals surface area contributed by atoms with Crippen LogP contribution in [0.5, 0.6) is 11.5 Å². The Morgan fingerprint density at radius 3 is 1.38 bits per heavy atom. The van der Waals surface area contributed by atoms with Crippen LogP contribution < -0.4 is 4.74 Å². The summed E-state index contributed by atoms with van der Waals surface area (Å²) >= 11 is 0. The molecule has 0 amide bonds. The van der Waals surface area contributed by atoms with Gasteiger partial charge in [-0.25, -0.2) is 19.2 Å². The van der Waals surface area contributed by atoms with Crippen molar-refractivity contribution in [3.05, 3.63) is 190 Å². The van der Waals surface area contributed by atoms with Crippen LogP contribution in [0.25, 0.3) is 11.1 Å². The Kier molecular flexibility index (Phi) is 8.97. The average Bonchev–Trinajstić information content (AvgIpc) is 3.44. The number of ether oxygens (including phenoxy) is 1. The molecule has 1 aliphatic carbocycles. The number of phenols is 1. The number of carboxylic acids is 3. The Labute approximate surface area is 285 Å². The molecular weight excluding hydrogens is 636 g/mol. The topological polar surface area (TPSA) is 158 Å². The van der Waals surface area contributed by atoms with Crippen LogP contribution >= 0.6 is 0 Å². The first kappa shape index (κ1) is 32.9. The fourth-order valence-electron chi connectivity index (χ4n) is 6.21. The molecule has 246 valence electrons. The van der Waals surface area contributed by atoms with Crippen LogP contribution in [0.2, 0.25) is 0 Å². The number of aromatic carboxylic acids is 3. The zero-order valence-corrected chi connectivity index (χ0v) is 26.2. The van der Waals surface area contributed by atoms with Crippen molar-refractivity contribution in [2.75, 3.05) is 0 Å². The number of rotatable bonds is 7. The summed E-state index contributed by atoms with van der Waals surface area (Å²) in [6, 6.07) is 42.2. The summed E-state index contributed by atoms with van der Waals surface area (Å²) in [5.74, 6) is -3.31. The van der Waals surface area contributed by atoms with Crippen LogP contribution in [0.1, 0.15) is 63.7 Å². The highest BCUT2D eigenvalue weighted by atomic mass is 16.5. The Morgan fingerprint density at radius 2 is 0.900 bits per heavy atom. The lowest BCUT2D eigenvalue weighted by atomic mass is 9.68. The zero-order chi connectivity index (χ0) is 35.4. The van der Waals surface area contributed by atoms with Crippen molar-refractivity contribution in [3.63, 3.8) is 0 Å². The van der Waals surface area contributed by atoms with Gasteiger partial charge in [0.1, 0.15) is 11.5 Å². The van der Waals surface area contributed by atoms with Gasteiger partial charge < -0.3 is 25.2 Å². The van der Waals surface area contributed by atoms with Gasteiger partial charge in [-0.05, 0) is 100 Å². The highest BCUT2D eigenvalue weighted by Crippen LogP contribution is 2.56. The van der Waals surface area contributed by atoms with Gasteiger partial charge in [-0.2, -0.15) is 0 Å². The SMILES string of the molecule is O=C(O)c1ccc(C(=O)Oc2ccc(C3(c4ccc(O)cc4)c4ccccc4-c4ccccc43)cc2)cc1.O=C(O)c1cccc(C(=O)O)c1. The number of aromatic hydroxyl groups is 1. The second kappa shape index (κ2) is 13.6. The molecule has 0 spiro atoms. The van der Waals surface area contributed by atoms with Gasteiger partial charge in [0.05, 0.1) is 27.7 Å². The minimum absolute atomic E-state index is 0.0186. The van der Waals surface area contributed by atoms with E-state index in [0.717, 1.165) is 39.4 Å². The Bertz CT molecular complexity index is 2160. The second-order valence-electron chi connectivity index (χ2n) is 11.4. The molecule has 9 nitrogen and oxygen atoms in total. The number of carbonyl (C=O) groups is 4. The third-order valence-corrected chi connectivity index (χ3v) is 8.47. The number of esters is 1. The highest BCUT2D eigenvalue weighted by molar-refractivity contribution is 5.94. The summed E-state index contributed by atoms with van der Waals surface area (Å²) in [4.78, 5) is 44.5. The minimum atomic E-state index is -1.13. The van der Waals surface area contributed by atoms with Gasteiger partial charge in [0.2, 0.25) is 0 Å².